The molecule has 0 aromatic heterocycles. The summed E-state index contributed by atoms with van der Waals surface area (Å²) in [5, 5.41) is 20.4. The third kappa shape index (κ3) is 4.44. The van der Waals surface area contributed by atoms with E-state index in [9.17, 15) is 14.4 Å². The number of benzene rings is 2. The Balaban J connectivity index is 1.83. The van der Waals surface area contributed by atoms with Crippen LogP contribution in [0.2, 0.25) is 0 Å². The smallest absolute Gasteiger partial charge is 0.329 e. The van der Waals surface area contributed by atoms with E-state index >= 15 is 0 Å². The number of nitriles is 2. The van der Waals surface area contributed by atoms with Crippen LogP contribution in [-0.2, 0) is 16.0 Å². The molecule has 8 heteroatoms. The summed E-state index contributed by atoms with van der Waals surface area (Å²) in [6.45, 7) is 1.77. The minimum absolute atomic E-state index is 0.0722. The lowest BCUT2D eigenvalue weighted by Gasteiger charge is -2.24. The van der Waals surface area contributed by atoms with Crippen molar-refractivity contribution in [3.05, 3.63) is 77.0 Å². The number of nitrogens with one attached hydrogen (secondary N) is 1. The van der Waals surface area contributed by atoms with Gasteiger partial charge in [-0.1, -0.05) is 24.3 Å². The Morgan fingerprint density at radius 2 is 1.65 bits per heavy atom. The summed E-state index contributed by atoms with van der Waals surface area (Å²) < 4.78 is 5.13. The molecule has 0 radical (unpaired) electrons. The van der Waals surface area contributed by atoms with Crippen molar-refractivity contribution in [2.75, 3.05) is 11.9 Å². The van der Waals surface area contributed by atoms with E-state index in [-0.39, 0.29) is 29.7 Å². The third-order valence-electron chi connectivity index (χ3n) is 4.70. The zero-order chi connectivity index (χ0) is 22.4. The first kappa shape index (κ1) is 21.3. The van der Waals surface area contributed by atoms with Gasteiger partial charge in [0.1, 0.15) is 23.8 Å². The second kappa shape index (κ2) is 9.38. The summed E-state index contributed by atoms with van der Waals surface area (Å²) in [5.74, 6) is -1.71. The number of hydrogen-bond acceptors (Lipinski definition) is 7. The molecule has 1 aliphatic rings. The Labute approximate surface area is 179 Å². The average Bonchev–Trinajstić information content (AvgIpc) is 3.04. The van der Waals surface area contributed by atoms with Gasteiger partial charge in [-0.25, -0.2) is 4.79 Å². The number of amides is 2. The molecular formula is C23H18N4O4. The second-order valence-electron chi connectivity index (χ2n) is 6.62. The molecule has 0 aliphatic carbocycles. The molecule has 0 spiro atoms. The largest absolute Gasteiger partial charge is 0.464 e. The fourth-order valence-electron chi connectivity index (χ4n) is 3.21. The number of nitrogens with zero attached hydrogens (tertiary/aromatic N) is 3. The minimum atomic E-state index is -1.10. The molecule has 31 heavy (non-hydrogen) atoms. The molecule has 2 aromatic carbocycles. The van der Waals surface area contributed by atoms with Gasteiger partial charge in [-0.05, 0) is 36.8 Å². The van der Waals surface area contributed by atoms with Gasteiger partial charge in [0.15, 0.2) is 0 Å². The van der Waals surface area contributed by atoms with Crippen molar-refractivity contribution in [3.63, 3.8) is 0 Å². The molecule has 1 atom stereocenters. The first-order valence-electron chi connectivity index (χ1n) is 9.49. The van der Waals surface area contributed by atoms with Crippen molar-refractivity contribution >= 4 is 23.5 Å². The Morgan fingerprint density at radius 1 is 1.06 bits per heavy atom. The van der Waals surface area contributed by atoms with Gasteiger partial charge in [-0.15, -0.1) is 0 Å². The van der Waals surface area contributed by atoms with Crippen LogP contribution in [0.15, 0.2) is 60.3 Å². The summed E-state index contributed by atoms with van der Waals surface area (Å²) in [7, 11) is 0. The van der Waals surface area contributed by atoms with Gasteiger partial charge in [0.2, 0.25) is 0 Å². The van der Waals surface area contributed by atoms with Crippen LogP contribution < -0.4 is 5.32 Å². The highest BCUT2D eigenvalue weighted by atomic mass is 16.5. The SMILES string of the molecule is CCOC(=O)C(Cc1ccc(NC=C(C#N)C#N)cc1)N1C(=O)c2ccccc2C1=O. The molecule has 0 saturated heterocycles. The van der Waals surface area contributed by atoms with E-state index in [1.165, 1.54) is 6.20 Å². The molecule has 2 amide bonds. The van der Waals surface area contributed by atoms with Gasteiger partial charge in [0.25, 0.3) is 11.8 Å². The van der Waals surface area contributed by atoms with Crippen molar-refractivity contribution in [2.24, 2.45) is 0 Å². The maximum absolute atomic E-state index is 12.8. The summed E-state index contributed by atoms with van der Waals surface area (Å²) >= 11 is 0. The predicted octanol–water partition coefficient (Wildman–Crippen LogP) is 2.80. The number of anilines is 1. The topological polar surface area (TPSA) is 123 Å². The van der Waals surface area contributed by atoms with Crippen molar-refractivity contribution in [1.29, 1.82) is 10.5 Å². The van der Waals surface area contributed by atoms with Crippen molar-refractivity contribution in [2.45, 2.75) is 19.4 Å². The highest BCUT2D eigenvalue weighted by Gasteiger charge is 2.43. The molecule has 0 fully saturated rings. The highest BCUT2D eigenvalue weighted by molar-refractivity contribution is 6.22. The van der Waals surface area contributed by atoms with Crippen molar-refractivity contribution < 1.29 is 19.1 Å². The Hall–Kier alpha value is -4.43. The van der Waals surface area contributed by atoms with E-state index in [1.807, 2.05) is 0 Å². The summed E-state index contributed by atoms with van der Waals surface area (Å²) in [6.07, 6.45) is 1.37. The van der Waals surface area contributed by atoms with Gasteiger partial charge < -0.3 is 10.1 Å². The molecule has 0 bridgehead atoms. The summed E-state index contributed by atoms with van der Waals surface area (Å²) in [4.78, 5) is 39.3. The number of rotatable bonds is 7. The molecule has 1 heterocycles. The number of allylic oxidation sites excluding steroid dienone is 1. The fraction of sp³-hybridized carbons (Fsp3) is 0.174. The fourth-order valence-corrected chi connectivity index (χ4v) is 3.21. The standard InChI is InChI=1S/C23H18N4O4/c1-2-31-23(30)20(27-21(28)18-5-3-4-6-19(18)22(27)29)11-15-7-9-17(10-8-15)26-14-16(12-24)13-25/h3-10,14,20,26H,2,11H2,1H3. The number of carbonyl (C=O) groups excluding carboxylic acids is 3. The molecule has 0 saturated carbocycles. The normalized spacial score (nSPS) is 12.9. The van der Waals surface area contributed by atoms with Crippen LogP contribution in [0.4, 0.5) is 5.69 Å². The Morgan fingerprint density at radius 3 is 2.16 bits per heavy atom. The third-order valence-corrected chi connectivity index (χ3v) is 4.70. The van der Waals surface area contributed by atoms with Gasteiger partial charge in [-0.3, -0.25) is 14.5 Å². The van der Waals surface area contributed by atoms with Crippen molar-refractivity contribution in [1.82, 2.24) is 4.90 Å². The van der Waals surface area contributed by atoms with Crippen LogP contribution in [0.3, 0.4) is 0 Å². The molecule has 154 valence electrons. The Kier molecular flexibility index (Phi) is 6.44. The van der Waals surface area contributed by atoms with E-state index in [0.29, 0.717) is 11.3 Å². The lowest BCUT2D eigenvalue weighted by molar-refractivity contribution is -0.147. The van der Waals surface area contributed by atoms with Crippen molar-refractivity contribution in [3.8, 4) is 12.1 Å². The van der Waals surface area contributed by atoms with Gasteiger partial charge in [0, 0.05) is 18.3 Å². The van der Waals surface area contributed by atoms with Crippen LogP contribution in [0.1, 0.15) is 33.2 Å². The number of fused-ring (bicyclic) bond motifs is 1. The van der Waals surface area contributed by atoms with E-state index in [4.69, 9.17) is 15.3 Å². The summed E-state index contributed by atoms with van der Waals surface area (Å²) in [5.41, 5.74) is 1.78. The van der Waals surface area contributed by atoms with Crippen LogP contribution in [0.25, 0.3) is 0 Å². The first-order valence-corrected chi connectivity index (χ1v) is 9.49. The molecule has 1 N–H and O–H groups in total. The lowest BCUT2D eigenvalue weighted by Crippen LogP contribution is -2.47. The maximum Gasteiger partial charge on any atom is 0.329 e. The molecule has 8 nitrogen and oxygen atoms in total. The van der Waals surface area contributed by atoms with Gasteiger partial charge in [0.05, 0.1) is 17.7 Å². The molecule has 1 unspecified atom stereocenters. The monoisotopic (exact) mass is 414 g/mol. The quantitative estimate of drug-likeness (QED) is 0.420. The Bertz CT molecular complexity index is 1090. The van der Waals surface area contributed by atoms with Gasteiger partial charge in [-0.2, -0.15) is 10.5 Å². The number of ether oxygens (including phenoxy) is 1. The second-order valence-corrected chi connectivity index (χ2v) is 6.62. The van der Waals surface area contributed by atoms with Crippen LogP contribution in [0.5, 0.6) is 0 Å². The van der Waals surface area contributed by atoms with E-state index < -0.39 is 23.8 Å². The number of esters is 1. The molecule has 3 rings (SSSR count). The zero-order valence-corrected chi connectivity index (χ0v) is 16.7. The number of imide groups is 1. The van der Waals surface area contributed by atoms with Gasteiger partial charge >= 0.3 is 5.97 Å². The predicted molar refractivity (Wildman–Crippen MR) is 110 cm³/mol. The average molecular weight is 414 g/mol. The maximum atomic E-state index is 12.8. The highest BCUT2D eigenvalue weighted by Crippen LogP contribution is 2.26. The van der Waals surface area contributed by atoms with Crippen LogP contribution in [-0.4, -0.2) is 35.3 Å². The van der Waals surface area contributed by atoms with Crippen LogP contribution >= 0.6 is 0 Å². The minimum Gasteiger partial charge on any atom is -0.464 e. The summed E-state index contributed by atoms with van der Waals surface area (Å²) in [6, 6.07) is 15.7. The van der Waals surface area contributed by atoms with E-state index in [1.54, 1.807) is 67.6 Å². The van der Waals surface area contributed by atoms with E-state index in [0.717, 1.165) is 4.90 Å². The number of carbonyl (C=O) groups is 3. The number of hydrogen-bond donors (Lipinski definition) is 1. The zero-order valence-electron chi connectivity index (χ0n) is 16.7. The first-order chi connectivity index (χ1) is 15.0. The molecule has 1 aliphatic heterocycles. The van der Waals surface area contributed by atoms with Crippen LogP contribution in [0, 0.1) is 22.7 Å². The van der Waals surface area contributed by atoms with E-state index in [2.05, 4.69) is 5.32 Å². The molecular weight excluding hydrogens is 396 g/mol. The lowest BCUT2D eigenvalue weighted by atomic mass is 10.0. The molecule has 2 aromatic rings.